The van der Waals surface area contributed by atoms with Crippen LogP contribution in [0.2, 0.25) is 0 Å². The highest BCUT2D eigenvalue weighted by Gasteiger charge is 2.33. The molecule has 0 bridgehead atoms. The number of benzene rings is 3. The second kappa shape index (κ2) is 15.2. The second-order valence-electron chi connectivity index (χ2n) is 12.5. The number of nitrogens with zero attached hydrogens (tertiary/aromatic N) is 2. The summed E-state index contributed by atoms with van der Waals surface area (Å²) in [6.07, 6.45) is 2.54. The van der Waals surface area contributed by atoms with E-state index >= 15 is 0 Å². The van der Waals surface area contributed by atoms with Gasteiger partial charge in [-0.05, 0) is 16.7 Å². The molecule has 0 radical (unpaired) electrons. The number of imidazole rings is 1. The quantitative estimate of drug-likeness (QED) is 0.183. The average molecular weight is 610 g/mol. The molecule has 0 unspecified atom stereocenters. The van der Waals surface area contributed by atoms with Crippen LogP contribution in [0, 0.1) is 0 Å². The van der Waals surface area contributed by atoms with Crippen molar-refractivity contribution in [3.63, 3.8) is 0 Å². The van der Waals surface area contributed by atoms with Crippen LogP contribution in [0.3, 0.4) is 0 Å². The summed E-state index contributed by atoms with van der Waals surface area (Å²) in [5, 5.41) is 5.79. The standard InChI is InChI=1S/C36H43N5O4/c1-35(2,28-16-10-6-11-17-28)24-38-32(42)22-41(25-36(3,4)29-18-12-7-13-19-29)33(43)31(20-30-21-37-26-39-30)40-34(44)45-23-27-14-8-5-9-15-27/h5-19,21,26,31H,20,22-25H2,1-4H3,(H,37,39)(H,38,42)(H,40,44)/t31-/m0/s1. The van der Waals surface area contributed by atoms with E-state index in [-0.39, 0.29) is 37.4 Å². The maximum atomic E-state index is 14.3. The van der Waals surface area contributed by atoms with Gasteiger partial charge in [0.05, 0.1) is 12.9 Å². The van der Waals surface area contributed by atoms with Gasteiger partial charge in [0.25, 0.3) is 0 Å². The lowest BCUT2D eigenvalue weighted by Gasteiger charge is -2.35. The second-order valence-corrected chi connectivity index (χ2v) is 12.5. The van der Waals surface area contributed by atoms with Crippen molar-refractivity contribution in [1.82, 2.24) is 25.5 Å². The van der Waals surface area contributed by atoms with Crippen LogP contribution in [0.4, 0.5) is 4.79 Å². The molecule has 0 spiro atoms. The fourth-order valence-electron chi connectivity index (χ4n) is 5.15. The molecule has 236 valence electrons. The molecule has 4 rings (SSSR count). The van der Waals surface area contributed by atoms with Gasteiger partial charge in [0, 0.05) is 42.2 Å². The molecule has 0 saturated heterocycles. The predicted molar refractivity (Wildman–Crippen MR) is 174 cm³/mol. The Bertz CT molecular complexity index is 1510. The Morgan fingerprint density at radius 3 is 2.00 bits per heavy atom. The minimum absolute atomic E-state index is 0.0575. The number of ether oxygens (including phenoxy) is 1. The van der Waals surface area contributed by atoms with Gasteiger partial charge in [-0.15, -0.1) is 0 Å². The van der Waals surface area contributed by atoms with Crippen LogP contribution < -0.4 is 10.6 Å². The number of carbonyl (C=O) groups excluding carboxylic acids is 3. The van der Waals surface area contributed by atoms with Gasteiger partial charge >= 0.3 is 6.09 Å². The third kappa shape index (κ3) is 9.79. The zero-order chi connectivity index (χ0) is 32.3. The highest BCUT2D eigenvalue weighted by molar-refractivity contribution is 5.90. The Morgan fingerprint density at radius 1 is 0.844 bits per heavy atom. The largest absolute Gasteiger partial charge is 0.445 e. The summed E-state index contributed by atoms with van der Waals surface area (Å²) < 4.78 is 5.45. The maximum Gasteiger partial charge on any atom is 0.408 e. The van der Waals surface area contributed by atoms with E-state index in [0.29, 0.717) is 12.2 Å². The molecule has 1 aromatic heterocycles. The van der Waals surface area contributed by atoms with Crippen molar-refractivity contribution in [3.05, 3.63) is 126 Å². The van der Waals surface area contributed by atoms with Gasteiger partial charge in [-0.1, -0.05) is 119 Å². The molecule has 3 N–H and O–H groups in total. The van der Waals surface area contributed by atoms with E-state index in [2.05, 4.69) is 34.4 Å². The van der Waals surface area contributed by atoms with Gasteiger partial charge in [-0.2, -0.15) is 0 Å². The first-order valence-corrected chi connectivity index (χ1v) is 15.1. The molecule has 9 heteroatoms. The topological polar surface area (TPSA) is 116 Å². The Morgan fingerprint density at radius 2 is 1.42 bits per heavy atom. The lowest BCUT2D eigenvalue weighted by molar-refractivity contribution is -0.138. The molecule has 0 saturated carbocycles. The normalized spacial score (nSPS) is 12.2. The van der Waals surface area contributed by atoms with Crippen LogP contribution in [0.15, 0.2) is 104 Å². The lowest BCUT2D eigenvalue weighted by Crippen LogP contribution is -2.55. The van der Waals surface area contributed by atoms with E-state index in [1.807, 2.05) is 105 Å². The van der Waals surface area contributed by atoms with E-state index < -0.39 is 23.5 Å². The zero-order valence-corrected chi connectivity index (χ0v) is 26.5. The lowest BCUT2D eigenvalue weighted by atomic mass is 9.84. The van der Waals surface area contributed by atoms with Crippen LogP contribution in [-0.4, -0.2) is 58.5 Å². The van der Waals surface area contributed by atoms with Crippen molar-refractivity contribution in [2.45, 2.75) is 57.6 Å². The monoisotopic (exact) mass is 609 g/mol. The van der Waals surface area contributed by atoms with Crippen LogP contribution in [-0.2, 0) is 38.2 Å². The minimum Gasteiger partial charge on any atom is -0.445 e. The first-order chi connectivity index (χ1) is 21.5. The van der Waals surface area contributed by atoms with E-state index in [9.17, 15) is 14.4 Å². The molecule has 1 heterocycles. The molecule has 9 nitrogen and oxygen atoms in total. The Hall–Kier alpha value is -4.92. The number of aromatic amines is 1. The first-order valence-electron chi connectivity index (χ1n) is 15.1. The molecule has 4 aromatic rings. The van der Waals surface area contributed by atoms with E-state index in [1.165, 1.54) is 11.2 Å². The number of rotatable bonds is 14. The number of hydrogen-bond donors (Lipinski definition) is 3. The van der Waals surface area contributed by atoms with Crippen molar-refractivity contribution < 1.29 is 19.1 Å². The van der Waals surface area contributed by atoms with Crippen molar-refractivity contribution in [3.8, 4) is 0 Å². The fraction of sp³-hybridized carbons (Fsp3) is 0.333. The summed E-state index contributed by atoms with van der Waals surface area (Å²) in [6.45, 7) is 8.70. The number of hydrogen-bond acceptors (Lipinski definition) is 5. The number of alkyl carbamates (subject to hydrolysis) is 1. The highest BCUT2D eigenvalue weighted by atomic mass is 16.5. The Balaban J connectivity index is 1.53. The molecule has 3 aromatic carbocycles. The molecule has 0 aliphatic heterocycles. The highest BCUT2D eigenvalue weighted by Crippen LogP contribution is 2.25. The van der Waals surface area contributed by atoms with Gasteiger partial charge in [0.15, 0.2) is 0 Å². The van der Waals surface area contributed by atoms with Crippen molar-refractivity contribution in [2.75, 3.05) is 19.6 Å². The predicted octanol–water partition coefficient (Wildman–Crippen LogP) is 5.15. The van der Waals surface area contributed by atoms with Crippen LogP contribution in [0.25, 0.3) is 0 Å². The summed E-state index contributed by atoms with van der Waals surface area (Å²) in [6, 6.07) is 28.1. The summed E-state index contributed by atoms with van der Waals surface area (Å²) in [5.74, 6) is -0.689. The van der Waals surface area contributed by atoms with Crippen molar-refractivity contribution in [2.24, 2.45) is 0 Å². The molecule has 0 aliphatic carbocycles. The zero-order valence-electron chi connectivity index (χ0n) is 26.5. The first kappa shape index (κ1) is 33.0. The third-order valence-electron chi connectivity index (χ3n) is 7.85. The van der Waals surface area contributed by atoms with Gasteiger partial charge in [0.2, 0.25) is 11.8 Å². The van der Waals surface area contributed by atoms with Gasteiger partial charge in [-0.3, -0.25) is 9.59 Å². The molecule has 0 aliphatic rings. The number of nitrogens with one attached hydrogen (secondary N) is 3. The minimum atomic E-state index is -1.01. The summed E-state index contributed by atoms with van der Waals surface area (Å²) in [4.78, 5) is 49.3. The molecule has 1 atom stereocenters. The van der Waals surface area contributed by atoms with Gasteiger partial charge < -0.3 is 25.3 Å². The van der Waals surface area contributed by atoms with Gasteiger partial charge in [-0.25, -0.2) is 9.78 Å². The van der Waals surface area contributed by atoms with Crippen molar-refractivity contribution in [1.29, 1.82) is 0 Å². The van der Waals surface area contributed by atoms with Crippen molar-refractivity contribution >= 4 is 17.9 Å². The van der Waals surface area contributed by atoms with E-state index in [0.717, 1.165) is 16.7 Å². The smallest absolute Gasteiger partial charge is 0.408 e. The Labute approximate surface area is 265 Å². The van der Waals surface area contributed by atoms with Crippen LogP contribution in [0.5, 0.6) is 0 Å². The summed E-state index contributed by atoms with van der Waals surface area (Å²) in [7, 11) is 0. The summed E-state index contributed by atoms with van der Waals surface area (Å²) in [5.41, 5.74) is 2.79. The number of H-pyrrole nitrogens is 1. The molecule has 45 heavy (non-hydrogen) atoms. The molecular weight excluding hydrogens is 566 g/mol. The summed E-state index contributed by atoms with van der Waals surface area (Å²) >= 11 is 0. The van der Waals surface area contributed by atoms with E-state index in [4.69, 9.17) is 4.74 Å². The average Bonchev–Trinajstić information content (AvgIpc) is 3.56. The van der Waals surface area contributed by atoms with Crippen LogP contribution >= 0.6 is 0 Å². The van der Waals surface area contributed by atoms with E-state index in [1.54, 1.807) is 6.20 Å². The molecule has 0 fully saturated rings. The van der Waals surface area contributed by atoms with Crippen LogP contribution in [0.1, 0.15) is 50.1 Å². The SMILES string of the molecule is CC(C)(CNC(=O)CN(CC(C)(C)c1ccccc1)C(=O)[C@H](Cc1cnc[nH]1)NC(=O)OCc1ccccc1)c1ccccc1. The maximum absolute atomic E-state index is 14.3. The molecule has 3 amide bonds. The van der Waals surface area contributed by atoms with Gasteiger partial charge in [0.1, 0.15) is 12.6 Å². The molecular formula is C36H43N5O4. The Kier molecular flexibility index (Phi) is 11.1. The number of aromatic nitrogens is 2. The fourth-order valence-corrected chi connectivity index (χ4v) is 5.15. The third-order valence-corrected chi connectivity index (χ3v) is 7.85. The number of carbonyl (C=O) groups is 3. The number of amides is 3.